The van der Waals surface area contributed by atoms with Gasteiger partial charge in [0.1, 0.15) is 0 Å². The van der Waals surface area contributed by atoms with Crippen molar-refractivity contribution in [3.05, 3.63) is 42.3 Å². The van der Waals surface area contributed by atoms with Gasteiger partial charge in [0.15, 0.2) is 0 Å². The fourth-order valence-electron chi connectivity index (χ4n) is 0.755. The average molecular weight is 205 g/mol. The normalized spacial score (nSPS) is 7.47. The topological polar surface area (TPSA) is 0 Å². The molecule has 0 heteroatoms. The minimum Gasteiger partial charge on any atom is -0.120 e. The van der Waals surface area contributed by atoms with Crippen LogP contribution in [0.1, 0.15) is 39.7 Å². The molecule has 0 unspecified atom stereocenters. The monoisotopic (exact) mass is 205 g/mol. The van der Waals surface area contributed by atoms with E-state index < -0.39 is 0 Å². The molecule has 0 nitrogen and oxygen atoms in total. The van der Waals surface area contributed by atoms with Gasteiger partial charge in [-0.25, -0.2) is 0 Å². The number of benzene rings is 1. The summed E-state index contributed by atoms with van der Waals surface area (Å²) in [5.74, 6) is 2.43. The molecule has 1 rings (SSSR count). The van der Waals surface area contributed by atoms with Crippen molar-refractivity contribution in [3.8, 4) is 12.3 Å². The van der Waals surface area contributed by atoms with Crippen molar-refractivity contribution in [1.82, 2.24) is 0 Å². The Labute approximate surface area is 97.2 Å². The summed E-state index contributed by atoms with van der Waals surface area (Å²) < 4.78 is 0. The molecule has 0 spiro atoms. The Morgan fingerprint density at radius 1 is 1.27 bits per heavy atom. The summed E-state index contributed by atoms with van der Waals surface area (Å²) in [6, 6.07) is 8.45. The van der Waals surface area contributed by atoms with Gasteiger partial charge in [-0.1, -0.05) is 50.6 Å². The van der Waals surface area contributed by atoms with Gasteiger partial charge in [0.25, 0.3) is 0 Å². The molecule has 0 heterocycles. The predicted octanol–water partition coefficient (Wildman–Crippen LogP) is 4.67. The molecule has 0 amide bonds. The van der Waals surface area contributed by atoms with E-state index in [1.807, 2.05) is 20.8 Å². The molecule has 0 aliphatic rings. The van der Waals surface area contributed by atoms with Crippen LogP contribution in [0.3, 0.4) is 0 Å². The van der Waals surface area contributed by atoms with Crippen molar-refractivity contribution in [3.63, 3.8) is 0 Å². The summed E-state index contributed by atoms with van der Waals surface area (Å²) in [5.41, 5.74) is 2.62. The lowest BCUT2D eigenvalue weighted by molar-refractivity contribution is 1.26. The van der Waals surface area contributed by atoms with Crippen LogP contribution in [0.5, 0.6) is 0 Å². The molecule has 0 saturated carbocycles. The Morgan fingerprint density at radius 2 is 1.67 bits per heavy atom. The van der Waals surface area contributed by atoms with Gasteiger partial charge in [0.05, 0.1) is 0 Å². The molecular formula is C15H25. The minimum absolute atomic E-state index is 0. The average Bonchev–Trinajstić information content (AvgIpc) is 2.33. The summed E-state index contributed by atoms with van der Waals surface area (Å²) in [4.78, 5) is 0. The summed E-state index contributed by atoms with van der Waals surface area (Å²) in [6.07, 6.45) is 6.51. The van der Waals surface area contributed by atoms with Gasteiger partial charge in [0, 0.05) is 7.85 Å². The Hall–Kier alpha value is -1.22. The van der Waals surface area contributed by atoms with Crippen molar-refractivity contribution < 1.29 is 1.43 Å². The third kappa shape index (κ3) is 10.7. The van der Waals surface area contributed by atoms with Gasteiger partial charge in [-0.3, -0.25) is 0 Å². The summed E-state index contributed by atoms with van der Waals surface area (Å²) >= 11 is 0. The van der Waals surface area contributed by atoms with Crippen molar-refractivity contribution in [2.24, 2.45) is 0 Å². The maximum Gasteiger partial charge on any atom is 0.00576 e. The Bertz CT molecular complexity index is 254. The second kappa shape index (κ2) is 12.8. The summed E-state index contributed by atoms with van der Waals surface area (Å²) in [5, 5.41) is 0. The lowest BCUT2D eigenvalue weighted by Gasteiger charge is -1.94. The van der Waals surface area contributed by atoms with Crippen molar-refractivity contribution >= 4 is 0 Å². The van der Waals surface area contributed by atoms with E-state index in [1.54, 1.807) is 0 Å². The fourth-order valence-corrected chi connectivity index (χ4v) is 0.755. The quantitative estimate of drug-likeness (QED) is 0.584. The standard InChI is InChI=1S/C9H11.C4H6.C2H6.H2/c1-3-9-6-4-8(2)5-7-9;1-3-4-2;1-2;/h4-7H,1,3H2,2H3;1H,4H2,2H3;1-2H3;1H. The third-order valence-corrected chi connectivity index (χ3v) is 1.61. The van der Waals surface area contributed by atoms with Gasteiger partial charge >= 0.3 is 0 Å². The highest BCUT2D eigenvalue weighted by Crippen LogP contribution is 2.02. The molecule has 1 aromatic carbocycles. The van der Waals surface area contributed by atoms with Crippen LogP contribution in [0.4, 0.5) is 0 Å². The van der Waals surface area contributed by atoms with Crippen molar-refractivity contribution in [2.75, 3.05) is 0 Å². The van der Waals surface area contributed by atoms with Crippen LogP contribution in [0.2, 0.25) is 0 Å². The van der Waals surface area contributed by atoms with E-state index in [2.05, 4.69) is 44.0 Å². The van der Waals surface area contributed by atoms with E-state index in [9.17, 15) is 0 Å². The summed E-state index contributed by atoms with van der Waals surface area (Å²) in [6.45, 7) is 11.8. The van der Waals surface area contributed by atoms with Crippen LogP contribution in [0.25, 0.3) is 0 Å². The number of rotatable bonds is 1. The first kappa shape index (κ1) is 16.2. The second-order valence-corrected chi connectivity index (χ2v) is 2.79. The largest absolute Gasteiger partial charge is 0.120 e. The molecule has 0 bridgehead atoms. The Balaban J connectivity index is -0.000000209. The second-order valence-electron chi connectivity index (χ2n) is 2.79. The van der Waals surface area contributed by atoms with E-state index in [0.29, 0.717) is 0 Å². The first-order valence-corrected chi connectivity index (χ1v) is 5.52. The molecule has 0 atom stereocenters. The molecule has 1 aromatic rings. The van der Waals surface area contributed by atoms with Gasteiger partial charge < -0.3 is 0 Å². The van der Waals surface area contributed by atoms with Crippen LogP contribution in [-0.4, -0.2) is 0 Å². The number of terminal acetylenes is 1. The highest BCUT2D eigenvalue weighted by molar-refractivity contribution is 5.21. The van der Waals surface area contributed by atoms with Crippen LogP contribution in [0, 0.1) is 26.2 Å². The van der Waals surface area contributed by atoms with Crippen molar-refractivity contribution in [2.45, 2.75) is 40.5 Å². The lowest BCUT2D eigenvalue weighted by atomic mass is 10.1. The molecule has 0 saturated heterocycles. The van der Waals surface area contributed by atoms with Gasteiger partial charge in [-0.05, 0) is 25.8 Å². The van der Waals surface area contributed by atoms with E-state index in [-0.39, 0.29) is 1.43 Å². The van der Waals surface area contributed by atoms with Gasteiger partial charge in [0.2, 0.25) is 0 Å². The van der Waals surface area contributed by atoms with Crippen LogP contribution in [-0.2, 0) is 6.42 Å². The molecule has 85 valence electrons. The van der Waals surface area contributed by atoms with E-state index >= 15 is 0 Å². The molecule has 15 heavy (non-hydrogen) atoms. The predicted molar refractivity (Wildman–Crippen MR) is 72.8 cm³/mol. The molecule has 0 aliphatic carbocycles. The highest BCUT2D eigenvalue weighted by atomic mass is 13.9. The number of hydrogen-bond acceptors (Lipinski definition) is 0. The number of hydrogen-bond donors (Lipinski definition) is 0. The molecular weight excluding hydrogens is 180 g/mol. The van der Waals surface area contributed by atoms with Crippen LogP contribution in [0.15, 0.2) is 24.3 Å². The first-order valence-electron chi connectivity index (χ1n) is 5.52. The molecule has 0 aromatic heterocycles. The molecule has 0 aliphatic heterocycles. The van der Waals surface area contributed by atoms with E-state index in [1.165, 1.54) is 11.1 Å². The third-order valence-electron chi connectivity index (χ3n) is 1.61. The maximum atomic E-state index is 4.78. The Morgan fingerprint density at radius 3 is 1.93 bits per heavy atom. The van der Waals surface area contributed by atoms with Crippen molar-refractivity contribution in [1.29, 1.82) is 0 Å². The van der Waals surface area contributed by atoms with Gasteiger partial charge in [-0.15, -0.1) is 12.3 Å². The SMILES string of the molecule is C#CCC.CC.[CH2]Cc1ccc(C)cc1.[HH]. The highest BCUT2D eigenvalue weighted by Gasteiger charge is 1.84. The zero-order valence-corrected chi connectivity index (χ0v) is 10.5. The molecule has 0 N–H and O–H groups in total. The zero-order valence-electron chi connectivity index (χ0n) is 10.5. The molecule has 1 radical (unpaired) electrons. The van der Waals surface area contributed by atoms with E-state index in [4.69, 9.17) is 6.42 Å². The molecule has 0 fully saturated rings. The van der Waals surface area contributed by atoms with Crippen LogP contribution < -0.4 is 0 Å². The smallest absolute Gasteiger partial charge is 0.00576 e. The number of aryl methyl sites for hydroxylation is 1. The zero-order chi connectivity index (χ0) is 12.1. The Kier molecular flexibility index (Phi) is 13.8. The van der Waals surface area contributed by atoms with Gasteiger partial charge in [-0.2, -0.15) is 0 Å². The first-order chi connectivity index (χ1) is 7.24. The lowest BCUT2D eigenvalue weighted by Crippen LogP contribution is -1.78. The van der Waals surface area contributed by atoms with Crippen LogP contribution >= 0.6 is 0 Å². The van der Waals surface area contributed by atoms with E-state index in [0.717, 1.165) is 12.8 Å². The fraction of sp³-hybridized carbons (Fsp3) is 0.400. The minimum atomic E-state index is 0. The maximum absolute atomic E-state index is 4.78. The summed E-state index contributed by atoms with van der Waals surface area (Å²) in [7, 11) is 0.